The van der Waals surface area contributed by atoms with Gasteiger partial charge in [0.25, 0.3) is 0 Å². The highest BCUT2D eigenvalue weighted by Crippen LogP contribution is 2.17. The van der Waals surface area contributed by atoms with E-state index in [1.165, 1.54) is 10.5 Å². The van der Waals surface area contributed by atoms with E-state index in [-0.39, 0.29) is 5.82 Å². The van der Waals surface area contributed by atoms with Gasteiger partial charge in [-0.25, -0.2) is 4.98 Å². The van der Waals surface area contributed by atoms with Crippen LogP contribution < -0.4 is 0 Å². The molecule has 0 aromatic carbocycles. The van der Waals surface area contributed by atoms with Gasteiger partial charge in [-0.1, -0.05) is 0 Å². The lowest BCUT2D eigenvalue weighted by atomic mass is 10.4. The number of imidazole rings is 1. The van der Waals surface area contributed by atoms with Gasteiger partial charge in [0.15, 0.2) is 3.70 Å². The summed E-state index contributed by atoms with van der Waals surface area (Å²) in [4.78, 5) is 14.2. The molecule has 0 radical (unpaired) electrons. The van der Waals surface area contributed by atoms with Crippen LogP contribution in [0.1, 0.15) is 0 Å². The summed E-state index contributed by atoms with van der Waals surface area (Å²) in [5.74, 6) is 0.0411. The molecule has 0 spiro atoms. The van der Waals surface area contributed by atoms with Crippen molar-refractivity contribution in [1.82, 2.24) is 9.38 Å². The van der Waals surface area contributed by atoms with Crippen LogP contribution in [0.25, 0.3) is 5.65 Å². The van der Waals surface area contributed by atoms with Crippen LogP contribution in [-0.2, 0) is 0 Å². The van der Waals surface area contributed by atoms with Crippen molar-refractivity contribution in [2.45, 2.75) is 0 Å². The van der Waals surface area contributed by atoms with Crippen LogP contribution >= 0.6 is 22.6 Å². The van der Waals surface area contributed by atoms with Gasteiger partial charge >= 0.3 is 5.82 Å². The zero-order valence-corrected chi connectivity index (χ0v) is 8.50. The Morgan fingerprint density at radius 1 is 1.54 bits per heavy atom. The zero-order chi connectivity index (χ0) is 9.42. The molecule has 2 rings (SSSR count). The zero-order valence-electron chi connectivity index (χ0n) is 6.35. The number of nitro groups is 1. The van der Waals surface area contributed by atoms with E-state index >= 15 is 0 Å². The molecule has 2 heterocycles. The summed E-state index contributed by atoms with van der Waals surface area (Å²) in [6.45, 7) is 0. The van der Waals surface area contributed by atoms with Crippen molar-refractivity contribution in [3.8, 4) is 0 Å². The molecule has 0 unspecified atom stereocenters. The molecule has 2 aromatic rings. The van der Waals surface area contributed by atoms with Gasteiger partial charge in [-0.3, -0.25) is 0 Å². The van der Waals surface area contributed by atoms with Crippen molar-refractivity contribution in [2.24, 2.45) is 0 Å². The van der Waals surface area contributed by atoms with Gasteiger partial charge in [0.05, 0.1) is 6.20 Å². The fourth-order valence-electron chi connectivity index (χ4n) is 1.13. The van der Waals surface area contributed by atoms with E-state index in [1.54, 1.807) is 18.3 Å². The molecule has 2 aromatic heterocycles. The summed E-state index contributed by atoms with van der Waals surface area (Å²) < 4.78 is 2.24. The summed E-state index contributed by atoms with van der Waals surface area (Å²) in [6, 6.07) is 4.81. The fourth-order valence-corrected chi connectivity index (χ4v) is 1.76. The first kappa shape index (κ1) is 8.42. The third-order valence-corrected chi connectivity index (χ3v) is 2.41. The Hall–Kier alpha value is -1.18. The van der Waals surface area contributed by atoms with Gasteiger partial charge in [0, 0.05) is 34.7 Å². The van der Waals surface area contributed by atoms with E-state index in [9.17, 15) is 10.1 Å². The molecular formula is C7H4IN3O2. The van der Waals surface area contributed by atoms with Crippen molar-refractivity contribution in [3.05, 3.63) is 38.2 Å². The average Bonchev–Trinajstić information content (AvgIpc) is 2.48. The van der Waals surface area contributed by atoms with E-state index < -0.39 is 4.92 Å². The standard InChI is InChI=1S/C7H4IN3O2/c8-5-4-9-6-2-1-3-7(10(5)6)11(12)13/h1-4H. The summed E-state index contributed by atoms with van der Waals surface area (Å²) in [6.07, 6.45) is 1.60. The van der Waals surface area contributed by atoms with Crippen LogP contribution in [0.5, 0.6) is 0 Å². The Labute approximate surface area is 86.7 Å². The molecule has 0 aliphatic heterocycles. The third kappa shape index (κ3) is 1.26. The smallest absolute Gasteiger partial charge is 0.330 e. The minimum Gasteiger partial charge on any atom is -0.358 e. The first-order chi connectivity index (χ1) is 6.20. The SMILES string of the molecule is O=[N+]([O-])c1cccc2ncc(I)n12. The average molecular weight is 289 g/mol. The Balaban J connectivity index is 2.88. The summed E-state index contributed by atoms with van der Waals surface area (Å²) in [5.41, 5.74) is 0.596. The van der Waals surface area contributed by atoms with E-state index in [2.05, 4.69) is 4.98 Å². The molecule has 0 fully saturated rings. The summed E-state index contributed by atoms with van der Waals surface area (Å²) in [7, 11) is 0. The molecule has 0 saturated heterocycles. The highest BCUT2D eigenvalue weighted by molar-refractivity contribution is 14.1. The van der Waals surface area contributed by atoms with E-state index in [0.717, 1.165) is 3.70 Å². The minimum atomic E-state index is -0.420. The van der Waals surface area contributed by atoms with Crippen LogP contribution in [-0.4, -0.2) is 14.3 Å². The highest BCUT2D eigenvalue weighted by atomic mass is 127. The monoisotopic (exact) mass is 289 g/mol. The van der Waals surface area contributed by atoms with Crippen molar-refractivity contribution >= 4 is 34.1 Å². The number of hydrogen-bond donors (Lipinski definition) is 0. The highest BCUT2D eigenvalue weighted by Gasteiger charge is 2.14. The van der Waals surface area contributed by atoms with E-state index in [1.807, 2.05) is 22.6 Å². The lowest BCUT2D eigenvalue weighted by Crippen LogP contribution is -1.98. The molecule has 66 valence electrons. The quantitative estimate of drug-likeness (QED) is 0.457. The minimum absolute atomic E-state index is 0.0411. The Morgan fingerprint density at radius 2 is 2.31 bits per heavy atom. The van der Waals surface area contributed by atoms with Crippen LogP contribution in [0.3, 0.4) is 0 Å². The molecule has 13 heavy (non-hydrogen) atoms. The van der Waals surface area contributed by atoms with Gasteiger partial charge in [0.1, 0.15) is 0 Å². The maximum Gasteiger partial charge on any atom is 0.330 e. The lowest BCUT2D eigenvalue weighted by Gasteiger charge is -1.96. The fraction of sp³-hybridized carbons (Fsp3) is 0. The van der Waals surface area contributed by atoms with Crippen LogP contribution in [0.2, 0.25) is 0 Å². The number of rotatable bonds is 1. The first-order valence-corrected chi connectivity index (χ1v) is 4.54. The molecule has 0 aliphatic carbocycles. The number of pyridine rings is 1. The Bertz CT molecular complexity index is 480. The van der Waals surface area contributed by atoms with Crippen LogP contribution in [0, 0.1) is 13.8 Å². The number of fused-ring (bicyclic) bond motifs is 1. The maximum absolute atomic E-state index is 10.6. The Kier molecular flexibility index (Phi) is 1.91. The predicted octanol–water partition coefficient (Wildman–Crippen LogP) is 1.85. The van der Waals surface area contributed by atoms with Crippen molar-refractivity contribution in [3.63, 3.8) is 0 Å². The largest absolute Gasteiger partial charge is 0.358 e. The van der Waals surface area contributed by atoms with Gasteiger partial charge < -0.3 is 10.1 Å². The summed E-state index contributed by atoms with van der Waals surface area (Å²) in [5, 5.41) is 10.6. The molecular weight excluding hydrogens is 285 g/mol. The third-order valence-electron chi connectivity index (χ3n) is 1.65. The van der Waals surface area contributed by atoms with Crippen LogP contribution in [0.4, 0.5) is 5.82 Å². The van der Waals surface area contributed by atoms with E-state index in [0.29, 0.717) is 5.65 Å². The van der Waals surface area contributed by atoms with Crippen LogP contribution in [0.15, 0.2) is 24.4 Å². The second-order valence-electron chi connectivity index (χ2n) is 2.42. The topological polar surface area (TPSA) is 60.4 Å². The second kappa shape index (κ2) is 2.95. The molecule has 5 nitrogen and oxygen atoms in total. The number of halogens is 1. The maximum atomic E-state index is 10.6. The van der Waals surface area contributed by atoms with Gasteiger partial charge in [0.2, 0.25) is 5.65 Å². The first-order valence-electron chi connectivity index (χ1n) is 3.46. The normalized spacial score (nSPS) is 10.5. The van der Waals surface area contributed by atoms with Crippen molar-refractivity contribution in [1.29, 1.82) is 0 Å². The Morgan fingerprint density at radius 3 is 3.00 bits per heavy atom. The number of nitrogens with zero attached hydrogens (tertiary/aromatic N) is 3. The molecule has 0 atom stereocenters. The number of hydrogen-bond acceptors (Lipinski definition) is 3. The van der Waals surface area contributed by atoms with Crippen molar-refractivity contribution < 1.29 is 4.92 Å². The van der Waals surface area contributed by atoms with Gasteiger partial charge in [-0.15, -0.1) is 0 Å². The lowest BCUT2D eigenvalue weighted by molar-refractivity contribution is -0.390. The van der Waals surface area contributed by atoms with E-state index in [4.69, 9.17) is 0 Å². The predicted molar refractivity (Wildman–Crippen MR) is 54.6 cm³/mol. The molecule has 0 N–H and O–H groups in total. The summed E-state index contributed by atoms with van der Waals surface area (Å²) >= 11 is 2.01. The van der Waals surface area contributed by atoms with Gasteiger partial charge in [-0.05, 0) is 11.0 Å². The van der Waals surface area contributed by atoms with Crippen molar-refractivity contribution in [2.75, 3.05) is 0 Å². The molecule has 0 amide bonds. The number of aromatic nitrogens is 2. The molecule has 0 saturated carbocycles. The molecule has 6 heteroatoms. The van der Waals surface area contributed by atoms with Gasteiger partial charge in [-0.2, -0.15) is 4.40 Å². The molecule has 0 bridgehead atoms. The second-order valence-corrected chi connectivity index (χ2v) is 3.52. The molecule has 0 aliphatic rings.